The molecule has 1 heterocycles. The van der Waals surface area contributed by atoms with Crippen molar-refractivity contribution in [2.24, 2.45) is 0 Å². The van der Waals surface area contributed by atoms with Gasteiger partial charge in [-0.05, 0) is 43.2 Å². The number of hydrogen-bond acceptors (Lipinski definition) is 5. The summed E-state index contributed by atoms with van der Waals surface area (Å²) < 4.78 is 34.7. The van der Waals surface area contributed by atoms with E-state index in [1.165, 1.54) is 6.20 Å². The van der Waals surface area contributed by atoms with E-state index in [0.29, 0.717) is 29.2 Å². The molecule has 0 amide bonds. The van der Waals surface area contributed by atoms with Crippen molar-refractivity contribution < 1.29 is 13.2 Å². The van der Waals surface area contributed by atoms with Crippen molar-refractivity contribution in [3.63, 3.8) is 0 Å². The lowest BCUT2D eigenvalue weighted by atomic mass is 9.94. The Bertz CT molecular complexity index is 1140. The molecule has 148 valence electrons. The van der Waals surface area contributed by atoms with Crippen molar-refractivity contribution in [1.82, 2.24) is 9.71 Å². The van der Waals surface area contributed by atoms with Crippen LogP contribution >= 0.6 is 0 Å². The summed E-state index contributed by atoms with van der Waals surface area (Å²) in [5, 5.41) is 10.5. The van der Waals surface area contributed by atoms with Crippen LogP contribution in [0.3, 0.4) is 0 Å². The summed E-state index contributed by atoms with van der Waals surface area (Å²) in [6.07, 6.45) is 4.36. The minimum atomic E-state index is -3.60. The molecule has 29 heavy (non-hydrogen) atoms. The third-order valence-corrected chi connectivity index (χ3v) is 6.77. The zero-order valence-electron chi connectivity index (χ0n) is 15.8. The Kier molecular flexibility index (Phi) is 5.47. The number of sulfonamides is 1. The molecule has 1 fully saturated rings. The number of benzene rings is 2. The normalized spacial score (nSPS) is 19.6. The fourth-order valence-corrected chi connectivity index (χ4v) is 5.23. The van der Waals surface area contributed by atoms with Gasteiger partial charge >= 0.3 is 0 Å². The molecule has 0 saturated heterocycles. The van der Waals surface area contributed by atoms with Gasteiger partial charge in [-0.15, -0.1) is 0 Å². The van der Waals surface area contributed by atoms with Crippen LogP contribution in [-0.2, 0) is 10.0 Å². The van der Waals surface area contributed by atoms with Gasteiger partial charge in [-0.25, -0.2) is 18.1 Å². The zero-order chi connectivity index (χ0) is 20.3. The predicted octanol–water partition coefficient (Wildman–Crippen LogP) is 3.77. The van der Waals surface area contributed by atoms with Gasteiger partial charge in [0.2, 0.25) is 15.9 Å². The van der Waals surface area contributed by atoms with Crippen LogP contribution in [0.2, 0.25) is 0 Å². The van der Waals surface area contributed by atoms with E-state index in [1.807, 2.05) is 36.4 Å². The molecule has 1 aliphatic rings. The van der Waals surface area contributed by atoms with Crippen molar-refractivity contribution >= 4 is 20.8 Å². The molecule has 0 unspecified atom stereocenters. The van der Waals surface area contributed by atoms with Gasteiger partial charge in [0.15, 0.2) is 0 Å². The number of rotatable bonds is 5. The van der Waals surface area contributed by atoms with E-state index in [4.69, 9.17) is 10.00 Å². The molecule has 4 rings (SSSR count). The molecular weight excluding hydrogens is 386 g/mol. The largest absolute Gasteiger partial charge is 0.474 e. The van der Waals surface area contributed by atoms with Crippen molar-refractivity contribution in [3.8, 4) is 11.9 Å². The van der Waals surface area contributed by atoms with Crippen LogP contribution in [0.15, 0.2) is 65.7 Å². The Labute approximate surface area is 170 Å². The average molecular weight is 407 g/mol. The zero-order valence-corrected chi connectivity index (χ0v) is 16.6. The lowest BCUT2D eigenvalue weighted by Gasteiger charge is -2.29. The highest BCUT2D eigenvalue weighted by atomic mass is 32.2. The monoisotopic (exact) mass is 407 g/mol. The molecule has 0 radical (unpaired) electrons. The van der Waals surface area contributed by atoms with Gasteiger partial charge in [0.05, 0.1) is 10.5 Å². The first-order valence-electron chi connectivity index (χ1n) is 9.58. The molecule has 1 saturated carbocycles. The van der Waals surface area contributed by atoms with Crippen LogP contribution in [0.5, 0.6) is 5.88 Å². The van der Waals surface area contributed by atoms with Crippen molar-refractivity contribution in [2.45, 2.75) is 42.7 Å². The first kappa shape index (κ1) is 19.4. The van der Waals surface area contributed by atoms with E-state index in [1.54, 1.807) is 24.3 Å². The first-order valence-corrected chi connectivity index (χ1v) is 11.1. The Hall–Kier alpha value is -2.95. The van der Waals surface area contributed by atoms with E-state index in [9.17, 15) is 8.42 Å². The number of fused-ring (bicyclic) bond motifs is 1. The summed E-state index contributed by atoms with van der Waals surface area (Å²) >= 11 is 0. The molecule has 0 spiro atoms. The molecule has 1 N–H and O–H groups in total. The van der Waals surface area contributed by atoms with Gasteiger partial charge in [-0.1, -0.05) is 36.4 Å². The Morgan fingerprint density at radius 2 is 1.76 bits per heavy atom. The highest BCUT2D eigenvalue weighted by Gasteiger charge is 2.27. The fourth-order valence-electron chi connectivity index (χ4n) is 3.70. The van der Waals surface area contributed by atoms with Gasteiger partial charge in [-0.3, -0.25) is 0 Å². The van der Waals surface area contributed by atoms with E-state index >= 15 is 0 Å². The second kappa shape index (κ2) is 8.19. The SMILES string of the molecule is N#Cc1ccc(OC2CCC(NS(=O)(=O)c3cccc4ccccc34)CC2)nc1. The number of nitrogens with one attached hydrogen (secondary N) is 1. The van der Waals surface area contributed by atoms with E-state index in [-0.39, 0.29) is 12.1 Å². The molecule has 1 aliphatic carbocycles. The van der Waals surface area contributed by atoms with Gasteiger partial charge in [0, 0.05) is 23.7 Å². The Morgan fingerprint density at radius 3 is 2.48 bits per heavy atom. The summed E-state index contributed by atoms with van der Waals surface area (Å²) in [5.41, 5.74) is 0.490. The number of nitriles is 1. The summed E-state index contributed by atoms with van der Waals surface area (Å²) in [6.45, 7) is 0. The number of pyridine rings is 1. The van der Waals surface area contributed by atoms with Crippen molar-refractivity contribution in [1.29, 1.82) is 5.26 Å². The first-order chi connectivity index (χ1) is 14.0. The maximum atomic E-state index is 13.0. The molecular formula is C22H21N3O3S. The van der Waals surface area contributed by atoms with E-state index in [0.717, 1.165) is 23.6 Å². The maximum absolute atomic E-state index is 13.0. The van der Waals surface area contributed by atoms with Crippen molar-refractivity contribution in [3.05, 3.63) is 66.4 Å². The standard InChI is InChI=1S/C22H21N3O3S/c23-14-16-8-13-22(24-15-16)28-19-11-9-18(10-12-19)25-29(26,27)21-7-3-5-17-4-1-2-6-20(17)21/h1-8,13,15,18-19,25H,9-12H2. The van der Waals surface area contributed by atoms with Crippen LogP contribution < -0.4 is 9.46 Å². The Morgan fingerprint density at radius 1 is 1.00 bits per heavy atom. The second-order valence-corrected chi connectivity index (χ2v) is 8.87. The predicted molar refractivity (Wildman–Crippen MR) is 110 cm³/mol. The highest BCUT2D eigenvalue weighted by molar-refractivity contribution is 7.89. The summed E-state index contributed by atoms with van der Waals surface area (Å²) in [6, 6.07) is 18.1. The number of ether oxygens (including phenoxy) is 1. The third-order valence-electron chi connectivity index (χ3n) is 5.19. The van der Waals surface area contributed by atoms with Crippen LogP contribution in [0.25, 0.3) is 10.8 Å². The molecule has 0 bridgehead atoms. The van der Waals surface area contributed by atoms with E-state index in [2.05, 4.69) is 9.71 Å². The lowest BCUT2D eigenvalue weighted by Crippen LogP contribution is -2.39. The lowest BCUT2D eigenvalue weighted by molar-refractivity contribution is 0.138. The minimum absolute atomic E-state index is 0.00579. The number of hydrogen-bond donors (Lipinski definition) is 1. The number of nitrogens with zero attached hydrogens (tertiary/aromatic N) is 2. The maximum Gasteiger partial charge on any atom is 0.241 e. The molecule has 3 aromatic rings. The third kappa shape index (κ3) is 4.39. The Balaban J connectivity index is 1.39. The highest BCUT2D eigenvalue weighted by Crippen LogP contribution is 2.26. The number of aromatic nitrogens is 1. The smallest absolute Gasteiger partial charge is 0.241 e. The van der Waals surface area contributed by atoms with Crippen LogP contribution in [0.1, 0.15) is 31.2 Å². The van der Waals surface area contributed by atoms with Crippen LogP contribution in [0.4, 0.5) is 0 Å². The average Bonchev–Trinajstić information content (AvgIpc) is 2.75. The molecule has 0 aliphatic heterocycles. The van der Waals surface area contributed by atoms with Gasteiger partial charge in [-0.2, -0.15) is 5.26 Å². The molecule has 2 aromatic carbocycles. The quantitative estimate of drug-likeness (QED) is 0.695. The summed E-state index contributed by atoms with van der Waals surface area (Å²) in [4.78, 5) is 4.45. The second-order valence-electron chi connectivity index (χ2n) is 7.19. The molecule has 0 atom stereocenters. The van der Waals surface area contributed by atoms with Crippen LogP contribution in [0, 0.1) is 11.3 Å². The van der Waals surface area contributed by atoms with Gasteiger partial charge < -0.3 is 4.74 Å². The topological polar surface area (TPSA) is 92.1 Å². The molecule has 1 aromatic heterocycles. The van der Waals surface area contributed by atoms with E-state index < -0.39 is 10.0 Å². The van der Waals surface area contributed by atoms with Gasteiger partial charge in [0.25, 0.3) is 0 Å². The van der Waals surface area contributed by atoms with Gasteiger partial charge in [0.1, 0.15) is 12.2 Å². The summed E-state index contributed by atoms with van der Waals surface area (Å²) in [5.74, 6) is 0.490. The fraction of sp³-hybridized carbons (Fsp3) is 0.273. The summed E-state index contributed by atoms with van der Waals surface area (Å²) in [7, 11) is -3.60. The van der Waals surface area contributed by atoms with Crippen molar-refractivity contribution in [2.75, 3.05) is 0 Å². The molecule has 6 nitrogen and oxygen atoms in total. The molecule has 7 heteroatoms. The van der Waals surface area contributed by atoms with Crippen LogP contribution in [-0.4, -0.2) is 25.5 Å². The minimum Gasteiger partial charge on any atom is -0.474 e.